The first kappa shape index (κ1) is 8.69. The van der Waals surface area contributed by atoms with Gasteiger partial charge in [0.25, 0.3) is 0 Å². The summed E-state index contributed by atoms with van der Waals surface area (Å²) in [5.74, 6) is 0. The lowest BCUT2D eigenvalue weighted by Gasteiger charge is -2.30. The molecule has 1 aliphatic rings. The quantitative estimate of drug-likeness (QED) is 0.633. The van der Waals surface area contributed by atoms with Gasteiger partial charge in [0.05, 0.1) is 0 Å². The Kier molecular flexibility index (Phi) is 2.31. The molecule has 0 saturated carbocycles. The molecule has 3 heteroatoms. The number of hydrogen-bond acceptors (Lipinski definition) is 3. The van der Waals surface area contributed by atoms with Crippen molar-refractivity contribution in [2.24, 2.45) is 0 Å². The number of benzene rings is 1. The second-order valence-corrected chi connectivity index (χ2v) is 3.38. The summed E-state index contributed by atoms with van der Waals surface area (Å²) in [6, 6.07) is 8.21. The fraction of sp³-hybridized carbons (Fsp3) is 0.400. The fourth-order valence-corrected chi connectivity index (χ4v) is 1.82. The van der Waals surface area contributed by atoms with Gasteiger partial charge in [0, 0.05) is 13.6 Å². The van der Waals surface area contributed by atoms with Crippen molar-refractivity contribution >= 4 is 0 Å². The van der Waals surface area contributed by atoms with Crippen LogP contribution in [0.4, 0.5) is 0 Å². The summed E-state index contributed by atoms with van der Waals surface area (Å²) in [7, 11) is 1.67. The SMILES string of the molecule is CN(O)C1NCCc2ccccc21. The minimum Gasteiger partial charge on any atom is -0.312 e. The Morgan fingerprint density at radius 1 is 1.46 bits per heavy atom. The van der Waals surface area contributed by atoms with Crippen LogP contribution in [0.5, 0.6) is 0 Å². The molecule has 0 saturated heterocycles. The van der Waals surface area contributed by atoms with Gasteiger partial charge in [0.15, 0.2) is 0 Å². The van der Waals surface area contributed by atoms with Crippen LogP contribution in [0.25, 0.3) is 0 Å². The van der Waals surface area contributed by atoms with E-state index in [1.54, 1.807) is 7.05 Å². The molecule has 1 heterocycles. The maximum atomic E-state index is 9.39. The molecule has 0 aliphatic carbocycles. The maximum absolute atomic E-state index is 9.39. The van der Waals surface area contributed by atoms with Crippen LogP contribution in [0.3, 0.4) is 0 Å². The number of nitrogens with one attached hydrogen (secondary N) is 1. The van der Waals surface area contributed by atoms with Crippen LogP contribution in [-0.2, 0) is 6.42 Å². The average Bonchev–Trinajstić information content (AvgIpc) is 2.17. The minimum atomic E-state index is -0.0510. The van der Waals surface area contributed by atoms with E-state index in [-0.39, 0.29) is 6.17 Å². The highest BCUT2D eigenvalue weighted by Crippen LogP contribution is 2.23. The number of fused-ring (bicyclic) bond motifs is 1. The van der Waals surface area contributed by atoms with Crippen LogP contribution in [0.1, 0.15) is 17.3 Å². The zero-order valence-electron chi connectivity index (χ0n) is 7.70. The molecule has 1 unspecified atom stereocenters. The van der Waals surface area contributed by atoms with Gasteiger partial charge in [-0.15, -0.1) is 0 Å². The predicted octanol–water partition coefficient (Wildman–Crippen LogP) is 1.15. The molecule has 70 valence electrons. The largest absolute Gasteiger partial charge is 0.312 e. The van der Waals surface area contributed by atoms with Crippen molar-refractivity contribution in [3.8, 4) is 0 Å². The van der Waals surface area contributed by atoms with Crippen molar-refractivity contribution in [2.45, 2.75) is 12.6 Å². The molecule has 0 amide bonds. The van der Waals surface area contributed by atoms with Crippen molar-refractivity contribution in [3.63, 3.8) is 0 Å². The van der Waals surface area contributed by atoms with Crippen molar-refractivity contribution < 1.29 is 5.21 Å². The molecular formula is C10H14N2O. The summed E-state index contributed by atoms with van der Waals surface area (Å²) in [5, 5.41) is 13.9. The van der Waals surface area contributed by atoms with E-state index in [2.05, 4.69) is 17.4 Å². The van der Waals surface area contributed by atoms with Gasteiger partial charge in [0.2, 0.25) is 0 Å². The van der Waals surface area contributed by atoms with E-state index in [9.17, 15) is 5.21 Å². The third kappa shape index (κ3) is 1.58. The summed E-state index contributed by atoms with van der Waals surface area (Å²) in [5.41, 5.74) is 2.51. The first-order chi connectivity index (χ1) is 6.29. The van der Waals surface area contributed by atoms with Crippen LogP contribution in [-0.4, -0.2) is 23.9 Å². The lowest BCUT2D eigenvalue weighted by Crippen LogP contribution is -2.38. The van der Waals surface area contributed by atoms with Crippen molar-refractivity contribution in [1.82, 2.24) is 10.4 Å². The molecule has 1 aromatic carbocycles. The highest BCUT2D eigenvalue weighted by molar-refractivity contribution is 5.31. The van der Waals surface area contributed by atoms with E-state index in [0.29, 0.717) is 0 Å². The normalized spacial score (nSPS) is 21.6. The summed E-state index contributed by atoms with van der Waals surface area (Å²) in [6.45, 7) is 0.923. The Balaban J connectivity index is 2.37. The van der Waals surface area contributed by atoms with Crippen LogP contribution in [0.15, 0.2) is 24.3 Å². The number of nitrogens with zero attached hydrogens (tertiary/aromatic N) is 1. The van der Waals surface area contributed by atoms with Gasteiger partial charge in [-0.25, -0.2) is 0 Å². The lowest BCUT2D eigenvalue weighted by atomic mass is 9.98. The lowest BCUT2D eigenvalue weighted by molar-refractivity contribution is -0.116. The molecule has 2 rings (SSSR count). The second kappa shape index (κ2) is 3.46. The average molecular weight is 178 g/mol. The van der Waals surface area contributed by atoms with Gasteiger partial charge in [-0.3, -0.25) is 5.32 Å². The Bertz CT molecular complexity index is 299. The Labute approximate surface area is 77.9 Å². The molecule has 13 heavy (non-hydrogen) atoms. The van der Waals surface area contributed by atoms with Crippen molar-refractivity contribution in [1.29, 1.82) is 0 Å². The Hall–Kier alpha value is -0.900. The van der Waals surface area contributed by atoms with Crippen LogP contribution in [0, 0.1) is 0 Å². The summed E-state index contributed by atoms with van der Waals surface area (Å²) in [4.78, 5) is 0. The summed E-state index contributed by atoms with van der Waals surface area (Å²) < 4.78 is 0. The van der Waals surface area contributed by atoms with Gasteiger partial charge in [-0.2, -0.15) is 5.06 Å². The summed E-state index contributed by atoms with van der Waals surface area (Å²) in [6.07, 6.45) is 0.991. The molecular weight excluding hydrogens is 164 g/mol. The van der Waals surface area contributed by atoms with E-state index < -0.39 is 0 Å². The van der Waals surface area contributed by atoms with E-state index in [1.165, 1.54) is 16.2 Å². The van der Waals surface area contributed by atoms with Gasteiger partial charge >= 0.3 is 0 Å². The summed E-state index contributed by atoms with van der Waals surface area (Å²) >= 11 is 0. The first-order valence-electron chi connectivity index (χ1n) is 4.52. The molecule has 1 aromatic rings. The van der Waals surface area contributed by atoms with Crippen LogP contribution >= 0.6 is 0 Å². The topological polar surface area (TPSA) is 35.5 Å². The van der Waals surface area contributed by atoms with Gasteiger partial charge < -0.3 is 5.21 Å². The molecule has 3 nitrogen and oxygen atoms in total. The van der Waals surface area contributed by atoms with Crippen LogP contribution in [0.2, 0.25) is 0 Å². The molecule has 0 radical (unpaired) electrons. The van der Waals surface area contributed by atoms with E-state index in [1.807, 2.05) is 12.1 Å². The highest BCUT2D eigenvalue weighted by atomic mass is 16.5. The van der Waals surface area contributed by atoms with Gasteiger partial charge in [0.1, 0.15) is 6.17 Å². The number of rotatable bonds is 1. The smallest absolute Gasteiger partial charge is 0.110 e. The molecule has 1 atom stereocenters. The first-order valence-corrected chi connectivity index (χ1v) is 4.52. The van der Waals surface area contributed by atoms with E-state index >= 15 is 0 Å². The predicted molar refractivity (Wildman–Crippen MR) is 50.4 cm³/mol. The zero-order valence-corrected chi connectivity index (χ0v) is 7.70. The fourth-order valence-electron chi connectivity index (χ4n) is 1.82. The van der Waals surface area contributed by atoms with Crippen LogP contribution < -0.4 is 5.32 Å². The molecule has 0 bridgehead atoms. The van der Waals surface area contributed by atoms with Gasteiger partial charge in [-0.05, 0) is 17.5 Å². The maximum Gasteiger partial charge on any atom is 0.110 e. The van der Waals surface area contributed by atoms with E-state index in [0.717, 1.165) is 13.0 Å². The Morgan fingerprint density at radius 3 is 3.00 bits per heavy atom. The second-order valence-electron chi connectivity index (χ2n) is 3.38. The van der Waals surface area contributed by atoms with Crippen molar-refractivity contribution in [3.05, 3.63) is 35.4 Å². The van der Waals surface area contributed by atoms with E-state index in [4.69, 9.17) is 0 Å². The monoisotopic (exact) mass is 178 g/mol. The molecule has 0 aromatic heterocycles. The zero-order chi connectivity index (χ0) is 9.26. The standard InChI is InChI=1S/C10H14N2O/c1-12(13)10-9-5-3-2-4-8(9)6-7-11-10/h2-5,10-11,13H,6-7H2,1H3. The molecule has 2 N–H and O–H groups in total. The molecule has 0 spiro atoms. The third-order valence-electron chi connectivity index (χ3n) is 2.46. The molecule has 0 fully saturated rings. The number of hydrogen-bond donors (Lipinski definition) is 2. The highest BCUT2D eigenvalue weighted by Gasteiger charge is 2.21. The van der Waals surface area contributed by atoms with Crippen molar-refractivity contribution in [2.75, 3.05) is 13.6 Å². The third-order valence-corrected chi connectivity index (χ3v) is 2.46. The number of hydroxylamine groups is 2. The Morgan fingerprint density at radius 2 is 2.23 bits per heavy atom. The minimum absolute atomic E-state index is 0.0510. The van der Waals surface area contributed by atoms with Gasteiger partial charge in [-0.1, -0.05) is 24.3 Å². The molecule has 1 aliphatic heterocycles.